The molecule has 114 valence electrons. The molecular formula is C15H21IN4O. The number of hydrogen-bond acceptors (Lipinski definition) is 3. The molecule has 21 heavy (non-hydrogen) atoms. The molecule has 0 unspecified atom stereocenters. The first-order valence-corrected chi connectivity index (χ1v) is 6.65. The Hall–Kier alpha value is -1.57. The number of halogens is 1. The molecule has 0 saturated heterocycles. The van der Waals surface area contributed by atoms with E-state index in [2.05, 4.69) is 15.3 Å². The maximum atomic E-state index is 5.83. The van der Waals surface area contributed by atoms with Gasteiger partial charge in [-0.2, -0.15) is 0 Å². The van der Waals surface area contributed by atoms with Crippen LogP contribution in [0.1, 0.15) is 22.8 Å². The van der Waals surface area contributed by atoms with Crippen LogP contribution in [0.3, 0.4) is 0 Å². The van der Waals surface area contributed by atoms with Gasteiger partial charge in [-0.05, 0) is 32.0 Å². The second-order valence-electron chi connectivity index (χ2n) is 4.64. The molecule has 0 saturated carbocycles. The number of guanidine groups is 1. The van der Waals surface area contributed by atoms with Gasteiger partial charge in [0, 0.05) is 30.4 Å². The Morgan fingerprint density at radius 3 is 2.81 bits per heavy atom. The smallest absolute Gasteiger partial charge is 0.188 e. The van der Waals surface area contributed by atoms with Gasteiger partial charge in [-0.25, -0.2) is 4.99 Å². The van der Waals surface area contributed by atoms with Crippen molar-refractivity contribution < 1.29 is 4.42 Å². The average Bonchev–Trinajstić information content (AvgIpc) is 2.76. The Balaban J connectivity index is 0.00000220. The maximum Gasteiger partial charge on any atom is 0.188 e. The third-order valence-corrected chi connectivity index (χ3v) is 2.98. The summed E-state index contributed by atoms with van der Waals surface area (Å²) in [7, 11) is 0. The van der Waals surface area contributed by atoms with Crippen molar-refractivity contribution in [1.29, 1.82) is 0 Å². The number of nitrogens with two attached hydrogens (primary N) is 1. The lowest BCUT2D eigenvalue weighted by Gasteiger charge is -2.05. The largest absolute Gasteiger partial charge is 0.466 e. The zero-order chi connectivity index (χ0) is 14.4. The summed E-state index contributed by atoms with van der Waals surface area (Å²) in [5.74, 6) is 2.24. The minimum Gasteiger partial charge on any atom is -0.466 e. The van der Waals surface area contributed by atoms with E-state index in [0.717, 1.165) is 35.7 Å². The van der Waals surface area contributed by atoms with Crippen LogP contribution in [0.25, 0.3) is 0 Å². The van der Waals surface area contributed by atoms with Gasteiger partial charge in [0.2, 0.25) is 0 Å². The Kier molecular flexibility index (Phi) is 7.21. The van der Waals surface area contributed by atoms with E-state index in [1.165, 1.54) is 0 Å². The van der Waals surface area contributed by atoms with Crippen LogP contribution in [0.5, 0.6) is 0 Å². The molecule has 0 aromatic carbocycles. The van der Waals surface area contributed by atoms with Crippen LogP contribution in [0, 0.1) is 13.8 Å². The van der Waals surface area contributed by atoms with Gasteiger partial charge in [0.1, 0.15) is 11.5 Å². The van der Waals surface area contributed by atoms with E-state index in [-0.39, 0.29) is 24.0 Å². The fourth-order valence-electron chi connectivity index (χ4n) is 1.93. The summed E-state index contributed by atoms with van der Waals surface area (Å²) in [6.45, 7) is 5.11. The van der Waals surface area contributed by atoms with Gasteiger partial charge in [-0.1, -0.05) is 6.07 Å². The van der Waals surface area contributed by atoms with Gasteiger partial charge in [-0.15, -0.1) is 24.0 Å². The minimum absolute atomic E-state index is 0. The highest BCUT2D eigenvalue weighted by atomic mass is 127. The number of nitrogens with one attached hydrogen (secondary N) is 1. The summed E-state index contributed by atoms with van der Waals surface area (Å²) < 4.78 is 5.45. The van der Waals surface area contributed by atoms with Crippen LogP contribution in [0.2, 0.25) is 0 Å². The number of furan rings is 1. The lowest BCUT2D eigenvalue weighted by atomic mass is 10.2. The molecule has 0 atom stereocenters. The van der Waals surface area contributed by atoms with Crippen LogP contribution in [0.4, 0.5) is 0 Å². The highest BCUT2D eigenvalue weighted by molar-refractivity contribution is 14.0. The molecule has 2 heterocycles. The monoisotopic (exact) mass is 400 g/mol. The maximum absolute atomic E-state index is 5.83. The summed E-state index contributed by atoms with van der Waals surface area (Å²) in [5.41, 5.74) is 7.93. The number of nitrogens with zero attached hydrogens (tertiary/aromatic N) is 2. The normalized spacial score (nSPS) is 11.0. The van der Waals surface area contributed by atoms with E-state index >= 15 is 0 Å². The Morgan fingerprint density at radius 2 is 2.19 bits per heavy atom. The van der Waals surface area contributed by atoms with E-state index < -0.39 is 0 Å². The summed E-state index contributed by atoms with van der Waals surface area (Å²) in [5, 5.41) is 3.08. The lowest BCUT2D eigenvalue weighted by Crippen LogP contribution is -2.33. The molecule has 3 N–H and O–H groups in total. The minimum atomic E-state index is 0. The van der Waals surface area contributed by atoms with E-state index in [9.17, 15) is 0 Å². The third-order valence-electron chi connectivity index (χ3n) is 2.98. The Morgan fingerprint density at radius 1 is 1.38 bits per heavy atom. The molecule has 2 rings (SSSR count). The molecule has 0 radical (unpaired) electrons. The van der Waals surface area contributed by atoms with Crippen molar-refractivity contribution in [3.63, 3.8) is 0 Å². The Bertz CT molecular complexity index is 581. The standard InChI is InChI=1S/C15H20N4O.HI/c1-11-9-13(12(2)20-11)10-19-15(16)18-8-6-14-5-3-4-7-17-14;/h3-5,7,9H,6,8,10H2,1-2H3,(H3,16,18,19);1H. The molecule has 0 spiro atoms. The molecule has 0 fully saturated rings. The molecule has 2 aromatic heterocycles. The summed E-state index contributed by atoms with van der Waals surface area (Å²) >= 11 is 0. The number of aliphatic imine (C=N–C) groups is 1. The number of aromatic nitrogens is 1. The zero-order valence-corrected chi connectivity index (χ0v) is 14.6. The molecular weight excluding hydrogens is 379 g/mol. The molecule has 5 nitrogen and oxygen atoms in total. The highest BCUT2D eigenvalue weighted by Crippen LogP contribution is 2.14. The fraction of sp³-hybridized carbons (Fsp3) is 0.333. The van der Waals surface area contributed by atoms with E-state index in [0.29, 0.717) is 12.5 Å². The van der Waals surface area contributed by atoms with Crippen molar-refractivity contribution >= 4 is 29.9 Å². The number of rotatable bonds is 5. The highest BCUT2D eigenvalue weighted by Gasteiger charge is 2.03. The Labute approximate surface area is 142 Å². The third kappa shape index (κ3) is 5.74. The van der Waals surface area contributed by atoms with Crippen LogP contribution >= 0.6 is 24.0 Å². The van der Waals surface area contributed by atoms with Gasteiger partial charge in [0.05, 0.1) is 6.54 Å². The van der Waals surface area contributed by atoms with Crippen LogP contribution in [-0.2, 0) is 13.0 Å². The fourth-order valence-corrected chi connectivity index (χ4v) is 1.93. The molecule has 0 bridgehead atoms. The van der Waals surface area contributed by atoms with Gasteiger partial charge in [-0.3, -0.25) is 4.98 Å². The van der Waals surface area contributed by atoms with Crippen LogP contribution in [-0.4, -0.2) is 17.5 Å². The van der Waals surface area contributed by atoms with Crippen molar-refractivity contribution in [2.75, 3.05) is 6.54 Å². The van der Waals surface area contributed by atoms with E-state index in [4.69, 9.17) is 10.2 Å². The lowest BCUT2D eigenvalue weighted by molar-refractivity contribution is 0.501. The quantitative estimate of drug-likeness (QED) is 0.460. The first-order chi connectivity index (χ1) is 9.65. The van der Waals surface area contributed by atoms with Crippen molar-refractivity contribution in [3.05, 3.63) is 53.2 Å². The molecule has 0 aliphatic heterocycles. The molecule has 2 aromatic rings. The van der Waals surface area contributed by atoms with Gasteiger partial charge < -0.3 is 15.5 Å². The number of hydrogen-bond donors (Lipinski definition) is 2. The van der Waals surface area contributed by atoms with E-state index in [1.54, 1.807) is 6.20 Å². The predicted octanol–water partition coefficient (Wildman–Crippen LogP) is 2.56. The van der Waals surface area contributed by atoms with Crippen molar-refractivity contribution in [1.82, 2.24) is 10.3 Å². The van der Waals surface area contributed by atoms with Gasteiger partial charge >= 0.3 is 0 Å². The van der Waals surface area contributed by atoms with E-state index in [1.807, 2.05) is 38.1 Å². The van der Waals surface area contributed by atoms with Crippen LogP contribution in [0.15, 0.2) is 39.9 Å². The first kappa shape index (κ1) is 17.5. The molecule has 0 aliphatic rings. The zero-order valence-electron chi connectivity index (χ0n) is 12.3. The number of pyridine rings is 1. The summed E-state index contributed by atoms with van der Waals surface area (Å²) in [6.07, 6.45) is 2.61. The average molecular weight is 400 g/mol. The molecule has 6 heteroatoms. The van der Waals surface area contributed by atoms with Gasteiger partial charge in [0.15, 0.2) is 5.96 Å². The van der Waals surface area contributed by atoms with Crippen LogP contribution < -0.4 is 11.1 Å². The predicted molar refractivity (Wildman–Crippen MR) is 94.9 cm³/mol. The second kappa shape index (κ2) is 8.66. The SMILES string of the molecule is Cc1cc(CN=C(N)NCCc2ccccn2)c(C)o1.I. The topological polar surface area (TPSA) is 76.4 Å². The summed E-state index contributed by atoms with van der Waals surface area (Å²) in [6, 6.07) is 7.86. The first-order valence-electron chi connectivity index (χ1n) is 6.65. The second-order valence-corrected chi connectivity index (χ2v) is 4.64. The summed E-state index contributed by atoms with van der Waals surface area (Å²) in [4.78, 5) is 8.55. The van der Waals surface area contributed by atoms with Gasteiger partial charge in [0.25, 0.3) is 0 Å². The molecule has 0 amide bonds. The van der Waals surface area contributed by atoms with Crippen molar-refractivity contribution in [2.45, 2.75) is 26.8 Å². The number of aryl methyl sites for hydroxylation is 2. The van der Waals surface area contributed by atoms with Crippen molar-refractivity contribution in [2.24, 2.45) is 10.7 Å². The van der Waals surface area contributed by atoms with Crippen molar-refractivity contribution in [3.8, 4) is 0 Å². The molecule has 0 aliphatic carbocycles.